The number of alkyl halides is 17. The molecule has 0 N–H and O–H groups in total. The predicted octanol–water partition coefficient (Wildman–Crippen LogP) is 7.26. The molecule has 0 aliphatic heterocycles. The number of thiol groups is 1. The summed E-state index contributed by atoms with van der Waals surface area (Å²) in [5.41, 5.74) is 0. The minimum atomic E-state index is -8.60. The van der Waals surface area contributed by atoms with Gasteiger partial charge in [-0.1, -0.05) is 6.08 Å². The van der Waals surface area contributed by atoms with Crippen LogP contribution in [-0.4, -0.2) is 52.9 Å². The maximum absolute atomic E-state index is 13.5. The van der Waals surface area contributed by atoms with Crippen molar-refractivity contribution in [3.63, 3.8) is 0 Å². The summed E-state index contributed by atoms with van der Waals surface area (Å²) in [7, 11) is 0. The van der Waals surface area contributed by atoms with E-state index in [2.05, 4.69) is 19.2 Å². The van der Waals surface area contributed by atoms with E-state index in [0.29, 0.717) is 6.08 Å². The van der Waals surface area contributed by atoms with E-state index < -0.39 is 65.7 Å². The second kappa shape index (κ2) is 8.04. The van der Waals surface area contributed by atoms with Crippen molar-refractivity contribution < 1.29 is 74.6 Å². The van der Waals surface area contributed by atoms with Crippen LogP contribution < -0.4 is 0 Å². The fourth-order valence-corrected chi connectivity index (χ4v) is 1.93. The maximum Gasteiger partial charge on any atom is 0.460 e. The summed E-state index contributed by atoms with van der Waals surface area (Å²) < 4.78 is 221. The summed E-state index contributed by atoms with van der Waals surface area (Å²) in [5, 5.41) is -1.47. The molecule has 0 rings (SSSR count). The Hall–Kier alpha value is -1.10. The highest BCUT2D eigenvalue weighted by Crippen LogP contribution is 2.64. The van der Waals surface area contributed by atoms with Crippen LogP contribution in [0.25, 0.3) is 0 Å². The summed E-state index contributed by atoms with van der Waals surface area (Å²) >= 11 is 3.37. The lowest BCUT2D eigenvalue weighted by atomic mass is 9.88. The highest BCUT2D eigenvalue weighted by molar-refractivity contribution is 7.81. The van der Waals surface area contributed by atoms with E-state index in [-0.39, 0.29) is 0 Å². The second-order valence-electron chi connectivity index (χ2n) is 5.99. The van der Waals surface area contributed by atoms with Gasteiger partial charge in [0.15, 0.2) is 0 Å². The van der Waals surface area contributed by atoms with E-state index in [9.17, 15) is 74.6 Å². The van der Waals surface area contributed by atoms with Gasteiger partial charge < -0.3 is 0 Å². The van der Waals surface area contributed by atoms with Gasteiger partial charge in [-0.3, -0.25) is 0 Å². The van der Waals surface area contributed by atoms with Crippen molar-refractivity contribution in [3.8, 4) is 0 Å². The van der Waals surface area contributed by atoms with Gasteiger partial charge >= 0.3 is 47.6 Å². The van der Waals surface area contributed by atoms with E-state index in [0.717, 1.165) is 0 Å². The summed E-state index contributed by atoms with van der Waals surface area (Å²) in [6, 6.07) is 0. The molecule has 0 aliphatic rings. The minimum absolute atomic E-state index is 0.651. The van der Waals surface area contributed by atoms with Crippen LogP contribution in [0.2, 0.25) is 0 Å². The molecule has 0 bridgehead atoms. The van der Waals surface area contributed by atoms with Crippen molar-refractivity contribution in [1.29, 1.82) is 0 Å². The Morgan fingerprint density at radius 3 is 1.13 bits per heavy atom. The Morgan fingerprint density at radius 2 is 0.839 bits per heavy atom. The SMILES string of the molecule is C=CC(S)CCC(F)(F)C(F)(F)C(F)(F)C(F)(F)C(F)(F)C(F)(F)C(F)(F)C(F)(F)F. The molecule has 0 aromatic heterocycles. The molecule has 0 aromatic rings. The van der Waals surface area contributed by atoms with E-state index in [4.69, 9.17) is 0 Å². The van der Waals surface area contributed by atoms with Gasteiger partial charge in [0.25, 0.3) is 0 Å². The van der Waals surface area contributed by atoms with E-state index in [1.54, 1.807) is 0 Å². The molecule has 1 unspecified atom stereocenters. The first kappa shape index (κ1) is 29.9. The Balaban J connectivity index is 6.52. The molecular formula is C13H9F17S. The molecule has 0 saturated heterocycles. The van der Waals surface area contributed by atoms with Gasteiger partial charge in [0, 0.05) is 11.7 Å². The van der Waals surface area contributed by atoms with E-state index >= 15 is 0 Å². The molecule has 0 aromatic carbocycles. The Morgan fingerprint density at radius 1 is 0.548 bits per heavy atom. The molecule has 0 fully saturated rings. The van der Waals surface area contributed by atoms with Crippen molar-refractivity contribution in [2.75, 3.05) is 0 Å². The topological polar surface area (TPSA) is 0 Å². The van der Waals surface area contributed by atoms with Gasteiger partial charge in [-0.05, 0) is 6.42 Å². The molecule has 0 nitrogen and oxygen atoms in total. The van der Waals surface area contributed by atoms with Gasteiger partial charge in [-0.15, -0.1) is 6.58 Å². The lowest BCUT2D eigenvalue weighted by Gasteiger charge is -2.42. The summed E-state index contributed by atoms with van der Waals surface area (Å²) in [6.07, 6.45) is -11.0. The van der Waals surface area contributed by atoms with Crippen LogP contribution >= 0.6 is 12.6 Å². The van der Waals surface area contributed by atoms with Crippen LogP contribution in [0, 0.1) is 0 Å². The zero-order valence-electron chi connectivity index (χ0n) is 14.1. The van der Waals surface area contributed by atoms with Gasteiger partial charge in [-0.2, -0.15) is 87.3 Å². The average molecular weight is 520 g/mol. The third kappa shape index (κ3) is 4.28. The molecule has 31 heavy (non-hydrogen) atoms. The van der Waals surface area contributed by atoms with Crippen LogP contribution in [0.5, 0.6) is 0 Å². The highest BCUT2D eigenvalue weighted by Gasteiger charge is 2.95. The third-order valence-electron chi connectivity index (χ3n) is 3.81. The monoisotopic (exact) mass is 520 g/mol. The number of rotatable bonds is 10. The van der Waals surface area contributed by atoms with Crippen LogP contribution in [0.4, 0.5) is 74.6 Å². The molecule has 0 radical (unpaired) electrons. The quantitative estimate of drug-likeness (QED) is 0.175. The first-order valence-electron chi connectivity index (χ1n) is 7.22. The van der Waals surface area contributed by atoms with Crippen molar-refractivity contribution >= 4 is 12.6 Å². The van der Waals surface area contributed by atoms with Crippen LogP contribution in [-0.2, 0) is 0 Å². The van der Waals surface area contributed by atoms with Crippen LogP contribution in [0.3, 0.4) is 0 Å². The first-order chi connectivity index (χ1) is 13.2. The van der Waals surface area contributed by atoms with Crippen molar-refractivity contribution in [3.05, 3.63) is 12.7 Å². The standard InChI is InChI=1S/C13H9F17S/c1-2-5(31)3-4-6(14,15)7(16,17)8(18,19)9(20,21)10(22,23)11(24,25)12(26,27)13(28,29)30/h2,5,31H,1,3-4H2. The van der Waals surface area contributed by atoms with Crippen LogP contribution in [0.15, 0.2) is 12.7 Å². The highest BCUT2D eigenvalue weighted by atomic mass is 32.1. The largest absolute Gasteiger partial charge is 0.460 e. The van der Waals surface area contributed by atoms with E-state index in [1.807, 2.05) is 0 Å². The smallest absolute Gasteiger partial charge is 0.200 e. The molecule has 186 valence electrons. The number of hydrogen-bond donors (Lipinski definition) is 1. The van der Waals surface area contributed by atoms with Gasteiger partial charge in [0.05, 0.1) is 0 Å². The summed E-state index contributed by atoms with van der Waals surface area (Å²) in [6.45, 7) is 2.89. The molecule has 0 heterocycles. The molecule has 0 saturated carbocycles. The zero-order valence-corrected chi connectivity index (χ0v) is 15.0. The molecule has 0 amide bonds. The molecule has 0 spiro atoms. The zero-order chi connectivity index (χ0) is 25.7. The Labute approximate surface area is 166 Å². The molecular weight excluding hydrogens is 511 g/mol. The Kier molecular flexibility index (Phi) is 7.75. The minimum Gasteiger partial charge on any atom is -0.200 e. The fraction of sp³-hybridized carbons (Fsp3) is 0.846. The summed E-state index contributed by atoms with van der Waals surface area (Å²) in [5.74, 6) is -56.0. The third-order valence-corrected chi connectivity index (χ3v) is 4.28. The van der Waals surface area contributed by atoms with Gasteiger partial charge in [0.2, 0.25) is 0 Å². The number of halogens is 17. The molecule has 18 heteroatoms. The lowest BCUT2D eigenvalue weighted by molar-refractivity contribution is -0.461. The Bertz CT molecular complexity index is 647. The fourth-order valence-electron chi connectivity index (χ4n) is 1.80. The van der Waals surface area contributed by atoms with Crippen molar-refractivity contribution in [2.45, 2.75) is 65.7 Å². The normalized spacial score (nSPS) is 17.0. The predicted molar refractivity (Wildman–Crippen MR) is 72.9 cm³/mol. The van der Waals surface area contributed by atoms with Gasteiger partial charge in [0.1, 0.15) is 0 Å². The first-order valence-corrected chi connectivity index (χ1v) is 7.74. The van der Waals surface area contributed by atoms with Crippen LogP contribution in [0.1, 0.15) is 12.8 Å². The lowest BCUT2D eigenvalue weighted by Crippen LogP contribution is -2.74. The van der Waals surface area contributed by atoms with Gasteiger partial charge in [-0.25, -0.2) is 0 Å². The second-order valence-corrected chi connectivity index (χ2v) is 6.65. The van der Waals surface area contributed by atoms with E-state index in [1.165, 1.54) is 0 Å². The van der Waals surface area contributed by atoms with Crippen molar-refractivity contribution in [1.82, 2.24) is 0 Å². The van der Waals surface area contributed by atoms with Crippen molar-refractivity contribution in [2.24, 2.45) is 0 Å². The molecule has 1 atom stereocenters. The number of hydrogen-bond acceptors (Lipinski definition) is 1. The average Bonchev–Trinajstić information content (AvgIpc) is 2.57. The molecule has 0 aliphatic carbocycles. The maximum atomic E-state index is 13.5. The summed E-state index contributed by atoms with van der Waals surface area (Å²) in [4.78, 5) is 0.